The number of aromatic nitrogens is 4. The van der Waals surface area contributed by atoms with Gasteiger partial charge in [-0.3, -0.25) is 14.3 Å². The first-order valence-corrected chi connectivity index (χ1v) is 18.0. The molecule has 3 aromatic rings. The molecule has 49 heavy (non-hydrogen) atoms. The molecule has 4 aliphatic rings. The van der Waals surface area contributed by atoms with Crippen molar-refractivity contribution < 1.29 is 13.9 Å². The minimum Gasteiger partial charge on any atom is -0.495 e. The Kier molecular flexibility index (Phi) is 9.69. The van der Waals surface area contributed by atoms with Crippen molar-refractivity contribution in [2.75, 3.05) is 50.1 Å². The molecule has 13 heteroatoms. The van der Waals surface area contributed by atoms with Gasteiger partial charge in [0, 0.05) is 50.4 Å². The number of carbonyl (C=O) groups excluding carboxylic acids is 1. The molecule has 3 fully saturated rings. The first kappa shape index (κ1) is 33.2. The van der Waals surface area contributed by atoms with Crippen molar-refractivity contribution in [3.05, 3.63) is 47.4 Å². The van der Waals surface area contributed by atoms with Crippen LogP contribution in [0.25, 0.3) is 5.69 Å². The van der Waals surface area contributed by atoms with Crippen LogP contribution in [0.15, 0.2) is 24.7 Å². The Bertz CT molecular complexity index is 1700. The first-order valence-electron chi connectivity index (χ1n) is 18.0. The number of benzene rings is 1. The van der Waals surface area contributed by atoms with Gasteiger partial charge in [0.05, 0.1) is 36.3 Å². The van der Waals surface area contributed by atoms with E-state index in [-0.39, 0.29) is 29.6 Å². The molecule has 2 aliphatic heterocycles. The summed E-state index contributed by atoms with van der Waals surface area (Å²) in [5.74, 6) is 0.268. The summed E-state index contributed by atoms with van der Waals surface area (Å²) >= 11 is 0. The molecule has 1 atom stereocenters. The second kappa shape index (κ2) is 14.3. The predicted octanol–water partition coefficient (Wildman–Crippen LogP) is 5.32. The zero-order chi connectivity index (χ0) is 34.1. The maximum atomic E-state index is 15.6. The van der Waals surface area contributed by atoms with Crippen LogP contribution < -0.4 is 20.3 Å². The van der Waals surface area contributed by atoms with Crippen LogP contribution in [0, 0.1) is 17.1 Å². The van der Waals surface area contributed by atoms with Crippen LogP contribution in [0.3, 0.4) is 0 Å². The van der Waals surface area contributed by atoms with Crippen molar-refractivity contribution >= 4 is 23.4 Å². The number of anilines is 3. The van der Waals surface area contributed by atoms with E-state index in [4.69, 9.17) is 9.72 Å². The fraction of sp³-hybridized carbons (Fsp3) is 0.583. The number of ether oxygens (including phenoxy) is 1. The molecule has 0 spiro atoms. The topological polar surface area (TPSA) is 127 Å². The number of hydrogen-bond donors (Lipinski definition) is 2. The van der Waals surface area contributed by atoms with Crippen LogP contribution in [0.5, 0.6) is 5.75 Å². The Morgan fingerprint density at radius 1 is 1.04 bits per heavy atom. The molecular weight excluding hydrogens is 623 g/mol. The van der Waals surface area contributed by atoms with Crippen molar-refractivity contribution in [1.82, 2.24) is 34.6 Å². The molecule has 2 aliphatic carbocycles. The molecular formula is C36H47FN10O2. The van der Waals surface area contributed by atoms with Gasteiger partial charge in [-0.05, 0) is 57.6 Å². The minimum atomic E-state index is -0.646. The standard InChI is InChI=1S/C36H47FN10O2/c1-4-30-33-29(20-38)40-22-46(33)31-21-39-36(43-34(31)47(30)25-8-6-7-9-25)42-28-19-27(37)26(18-32(28)49-3)35(48)41-23-10-12-24(13-11-23)45-16-14-44(5-2)15-17-45/h18-19,21-25,30H,4-17H2,1-3H3,(H,41,48)(H,39,42,43). The molecule has 1 aromatic carbocycles. The van der Waals surface area contributed by atoms with Crippen molar-refractivity contribution in [3.63, 3.8) is 0 Å². The second-order valence-corrected chi connectivity index (χ2v) is 13.7. The Labute approximate surface area is 287 Å². The van der Waals surface area contributed by atoms with E-state index in [9.17, 15) is 10.1 Å². The Morgan fingerprint density at radius 2 is 1.80 bits per heavy atom. The number of amides is 1. The van der Waals surface area contributed by atoms with Gasteiger partial charge in [-0.15, -0.1) is 0 Å². The molecule has 2 saturated carbocycles. The van der Waals surface area contributed by atoms with Crippen LogP contribution in [-0.2, 0) is 0 Å². The summed E-state index contributed by atoms with van der Waals surface area (Å²) in [4.78, 5) is 34.7. The van der Waals surface area contributed by atoms with Gasteiger partial charge in [0.1, 0.15) is 29.7 Å². The lowest BCUT2D eigenvalue weighted by Gasteiger charge is -2.41. The lowest BCUT2D eigenvalue weighted by molar-refractivity contribution is 0.0729. The van der Waals surface area contributed by atoms with Gasteiger partial charge in [-0.1, -0.05) is 26.7 Å². The number of rotatable bonds is 9. The fourth-order valence-corrected chi connectivity index (χ4v) is 8.43. The molecule has 7 rings (SSSR count). The van der Waals surface area contributed by atoms with Crippen LogP contribution in [0.2, 0.25) is 0 Å². The molecule has 0 bridgehead atoms. The highest BCUT2D eigenvalue weighted by molar-refractivity contribution is 5.96. The average Bonchev–Trinajstić information content (AvgIpc) is 3.82. The first-order chi connectivity index (χ1) is 23.9. The van der Waals surface area contributed by atoms with E-state index >= 15 is 4.39 Å². The maximum absolute atomic E-state index is 15.6. The van der Waals surface area contributed by atoms with E-state index in [0.29, 0.717) is 23.2 Å². The number of imidazole rings is 1. The van der Waals surface area contributed by atoms with Crippen molar-refractivity contribution in [3.8, 4) is 17.5 Å². The predicted molar refractivity (Wildman–Crippen MR) is 185 cm³/mol. The van der Waals surface area contributed by atoms with E-state index in [1.54, 1.807) is 12.5 Å². The number of halogens is 1. The molecule has 2 N–H and O–H groups in total. The highest BCUT2D eigenvalue weighted by atomic mass is 19.1. The zero-order valence-electron chi connectivity index (χ0n) is 28.8. The molecule has 1 saturated heterocycles. The van der Waals surface area contributed by atoms with Gasteiger partial charge >= 0.3 is 0 Å². The summed E-state index contributed by atoms with van der Waals surface area (Å²) in [6.07, 6.45) is 12.4. The smallest absolute Gasteiger partial charge is 0.254 e. The van der Waals surface area contributed by atoms with Gasteiger partial charge in [0.15, 0.2) is 11.5 Å². The normalized spacial score (nSPS) is 23.1. The maximum Gasteiger partial charge on any atom is 0.254 e. The summed E-state index contributed by atoms with van der Waals surface area (Å²) in [6.45, 7) is 9.87. The number of nitrogens with one attached hydrogen (secondary N) is 2. The Hall–Kier alpha value is -4.28. The van der Waals surface area contributed by atoms with E-state index in [0.717, 1.165) is 108 Å². The molecule has 260 valence electrons. The molecule has 4 heterocycles. The molecule has 12 nitrogen and oxygen atoms in total. The third-order valence-corrected chi connectivity index (χ3v) is 11.1. The summed E-state index contributed by atoms with van der Waals surface area (Å²) in [5.41, 5.74) is 2.31. The largest absolute Gasteiger partial charge is 0.495 e. The van der Waals surface area contributed by atoms with Gasteiger partial charge < -0.3 is 25.2 Å². The number of methoxy groups -OCH3 is 1. The third-order valence-electron chi connectivity index (χ3n) is 11.1. The lowest BCUT2D eigenvalue weighted by Crippen LogP contribution is -2.52. The van der Waals surface area contributed by atoms with E-state index in [1.807, 2.05) is 4.57 Å². The van der Waals surface area contributed by atoms with E-state index in [2.05, 4.69) is 55.2 Å². The van der Waals surface area contributed by atoms with Crippen molar-refractivity contribution in [2.45, 2.75) is 95.8 Å². The zero-order valence-corrected chi connectivity index (χ0v) is 28.8. The van der Waals surface area contributed by atoms with Crippen LogP contribution in [0.1, 0.15) is 99.4 Å². The molecule has 0 radical (unpaired) electrons. The molecule has 2 aromatic heterocycles. The SMILES string of the molecule is CCC1c2c(C#N)ncn2-c2cnc(Nc3cc(F)c(C(=O)NC4CCC(N5CCN(CC)CC5)CC4)cc3OC)nc2N1C1CCCC1. The van der Waals surface area contributed by atoms with Crippen molar-refractivity contribution in [2.24, 2.45) is 0 Å². The third kappa shape index (κ3) is 6.44. The second-order valence-electron chi connectivity index (χ2n) is 13.7. The van der Waals surface area contributed by atoms with Crippen LogP contribution in [-0.4, -0.2) is 93.2 Å². The number of carbonyl (C=O) groups is 1. The monoisotopic (exact) mass is 670 g/mol. The molecule has 1 unspecified atom stereocenters. The van der Waals surface area contributed by atoms with Gasteiger partial charge in [-0.2, -0.15) is 10.2 Å². The van der Waals surface area contributed by atoms with Crippen LogP contribution >= 0.6 is 0 Å². The summed E-state index contributed by atoms with van der Waals surface area (Å²) < 4.78 is 23.2. The summed E-state index contributed by atoms with van der Waals surface area (Å²) in [5, 5.41) is 16.1. The van der Waals surface area contributed by atoms with E-state index in [1.165, 1.54) is 19.2 Å². The number of nitrogens with zero attached hydrogens (tertiary/aromatic N) is 8. The number of piperazine rings is 1. The summed E-state index contributed by atoms with van der Waals surface area (Å²) in [6, 6.07) is 5.77. The Balaban J connectivity index is 1.07. The molecule has 1 amide bonds. The fourth-order valence-electron chi connectivity index (χ4n) is 8.43. The van der Waals surface area contributed by atoms with Gasteiger partial charge in [-0.25, -0.2) is 14.4 Å². The van der Waals surface area contributed by atoms with Crippen molar-refractivity contribution in [1.29, 1.82) is 5.26 Å². The number of nitriles is 1. The number of likely N-dealkylation sites (N-methyl/N-ethyl adjacent to an activating group) is 1. The summed E-state index contributed by atoms with van der Waals surface area (Å²) in [7, 11) is 1.50. The minimum absolute atomic E-state index is 0.0165. The van der Waals surface area contributed by atoms with Gasteiger partial charge in [0.25, 0.3) is 5.91 Å². The van der Waals surface area contributed by atoms with Crippen LogP contribution in [0.4, 0.5) is 21.8 Å². The van der Waals surface area contributed by atoms with E-state index < -0.39 is 11.7 Å². The number of hydrogen-bond acceptors (Lipinski definition) is 10. The quantitative estimate of drug-likeness (QED) is 0.309. The highest BCUT2D eigenvalue weighted by Gasteiger charge is 2.39. The lowest BCUT2D eigenvalue weighted by atomic mass is 9.89. The average molecular weight is 671 g/mol. The highest BCUT2D eigenvalue weighted by Crippen LogP contribution is 2.44. The van der Waals surface area contributed by atoms with Gasteiger partial charge in [0.2, 0.25) is 5.95 Å². The number of fused-ring (bicyclic) bond motifs is 3. The Morgan fingerprint density at radius 3 is 2.47 bits per heavy atom.